The van der Waals surface area contributed by atoms with Gasteiger partial charge in [-0.2, -0.15) is 0 Å². The van der Waals surface area contributed by atoms with Crippen molar-refractivity contribution in [3.05, 3.63) is 48.0 Å². The molecule has 0 atom stereocenters. The fourth-order valence-corrected chi connectivity index (χ4v) is 3.62. The summed E-state index contributed by atoms with van der Waals surface area (Å²) in [6, 6.07) is 13.0. The molecular weight excluding hydrogens is 416 g/mol. The van der Waals surface area contributed by atoms with Gasteiger partial charge < -0.3 is 29.9 Å². The summed E-state index contributed by atoms with van der Waals surface area (Å²) in [4.78, 5) is 28.1. The van der Waals surface area contributed by atoms with Crippen LogP contribution in [0.5, 0.6) is 11.5 Å². The highest BCUT2D eigenvalue weighted by atomic mass is 32.1. The lowest BCUT2D eigenvalue weighted by Crippen LogP contribution is -2.48. The summed E-state index contributed by atoms with van der Waals surface area (Å²) < 4.78 is 10.5. The van der Waals surface area contributed by atoms with Gasteiger partial charge in [-0.05, 0) is 48.6 Å². The van der Waals surface area contributed by atoms with Crippen LogP contribution in [0.1, 0.15) is 17.3 Å². The zero-order valence-corrected chi connectivity index (χ0v) is 18.6. The second-order valence-corrected chi connectivity index (χ2v) is 7.47. The molecular formula is C22H26N4O4S. The monoisotopic (exact) mass is 442 g/mol. The molecule has 2 N–H and O–H groups in total. The van der Waals surface area contributed by atoms with Crippen LogP contribution in [-0.4, -0.2) is 62.2 Å². The molecule has 0 bridgehead atoms. The lowest BCUT2D eigenvalue weighted by atomic mass is 10.1. The van der Waals surface area contributed by atoms with E-state index >= 15 is 0 Å². The van der Waals surface area contributed by atoms with Gasteiger partial charge in [0, 0.05) is 56.1 Å². The third-order valence-corrected chi connectivity index (χ3v) is 5.15. The number of carbonyl (C=O) groups is 2. The van der Waals surface area contributed by atoms with Gasteiger partial charge in [-0.1, -0.05) is 0 Å². The zero-order valence-electron chi connectivity index (χ0n) is 17.8. The maximum absolute atomic E-state index is 12.9. The van der Waals surface area contributed by atoms with Crippen molar-refractivity contribution in [3.63, 3.8) is 0 Å². The van der Waals surface area contributed by atoms with Crippen LogP contribution in [-0.2, 0) is 4.79 Å². The zero-order chi connectivity index (χ0) is 22.4. The second kappa shape index (κ2) is 10.1. The third-order valence-electron chi connectivity index (χ3n) is 4.95. The number of benzene rings is 2. The van der Waals surface area contributed by atoms with Crippen molar-refractivity contribution in [1.29, 1.82) is 0 Å². The number of thiocarbonyl (C=S) groups is 1. The molecule has 31 heavy (non-hydrogen) atoms. The van der Waals surface area contributed by atoms with Gasteiger partial charge in [0.05, 0.1) is 14.2 Å². The molecule has 0 radical (unpaired) electrons. The lowest BCUT2D eigenvalue weighted by Gasteiger charge is -2.36. The first kappa shape index (κ1) is 22.4. The molecule has 0 unspecified atom stereocenters. The van der Waals surface area contributed by atoms with Crippen LogP contribution in [0.2, 0.25) is 0 Å². The summed E-state index contributed by atoms with van der Waals surface area (Å²) in [5, 5.41) is 5.77. The number of carbonyl (C=O) groups excluding carboxylic acids is 2. The van der Waals surface area contributed by atoms with Crippen LogP contribution in [0.3, 0.4) is 0 Å². The molecule has 1 saturated heterocycles. The van der Waals surface area contributed by atoms with Crippen molar-refractivity contribution in [2.75, 3.05) is 50.6 Å². The largest absolute Gasteiger partial charge is 0.497 e. The van der Waals surface area contributed by atoms with Crippen molar-refractivity contribution in [2.45, 2.75) is 6.92 Å². The van der Waals surface area contributed by atoms with Crippen LogP contribution in [0.4, 0.5) is 11.4 Å². The van der Waals surface area contributed by atoms with Gasteiger partial charge in [-0.15, -0.1) is 0 Å². The van der Waals surface area contributed by atoms with Gasteiger partial charge in [-0.25, -0.2) is 0 Å². The summed E-state index contributed by atoms with van der Waals surface area (Å²) in [6.07, 6.45) is 0. The molecule has 0 spiro atoms. The van der Waals surface area contributed by atoms with Gasteiger partial charge in [0.15, 0.2) is 5.11 Å². The predicted octanol–water partition coefficient (Wildman–Crippen LogP) is 2.50. The summed E-state index contributed by atoms with van der Waals surface area (Å²) in [6.45, 7) is 4.09. The Kier molecular flexibility index (Phi) is 7.30. The number of piperazine rings is 1. The van der Waals surface area contributed by atoms with Gasteiger partial charge in [0.2, 0.25) is 5.91 Å². The van der Waals surface area contributed by atoms with Crippen molar-refractivity contribution in [3.8, 4) is 11.5 Å². The third kappa shape index (κ3) is 5.85. The van der Waals surface area contributed by atoms with E-state index in [0.717, 1.165) is 24.5 Å². The second-order valence-electron chi connectivity index (χ2n) is 7.06. The molecule has 0 saturated carbocycles. The summed E-state index contributed by atoms with van der Waals surface area (Å²) in [5.41, 5.74) is 2.41. The average Bonchev–Trinajstić information content (AvgIpc) is 2.78. The Balaban J connectivity index is 1.58. The molecule has 2 amide bonds. The van der Waals surface area contributed by atoms with E-state index < -0.39 is 0 Å². The minimum absolute atomic E-state index is 0.0390. The Morgan fingerprint density at radius 1 is 0.935 bits per heavy atom. The maximum atomic E-state index is 12.9. The number of nitrogens with zero attached hydrogens (tertiary/aromatic N) is 2. The number of amides is 2. The maximum Gasteiger partial charge on any atom is 0.254 e. The molecule has 2 aromatic rings. The number of hydrogen-bond acceptors (Lipinski definition) is 6. The number of methoxy groups -OCH3 is 2. The Labute approximate surface area is 187 Å². The smallest absolute Gasteiger partial charge is 0.254 e. The van der Waals surface area contributed by atoms with Crippen LogP contribution in [0, 0.1) is 0 Å². The minimum Gasteiger partial charge on any atom is -0.497 e. The van der Waals surface area contributed by atoms with E-state index in [4.69, 9.17) is 21.7 Å². The fourth-order valence-electron chi connectivity index (χ4n) is 3.36. The van der Waals surface area contributed by atoms with Gasteiger partial charge in [0.25, 0.3) is 5.91 Å². The first-order chi connectivity index (χ1) is 14.9. The van der Waals surface area contributed by atoms with E-state index in [9.17, 15) is 9.59 Å². The summed E-state index contributed by atoms with van der Waals surface area (Å²) in [5.74, 6) is 0.929. The standard InChI is InChI=1S/C22H26N4O4S/c1-15(27)23-22(31)24-17-4-6-18(7-5-17)25-8-10-26(11-9-25)21(28)16-12-19(29-2)14-20(13-16)30-3/h4-7,12-14H,8-11H2,1-3H3,(H2,23,24,27,31). The van der Waals surface area contributed by atoms with Gasteiger partial charge in [0.1, 0.15) is 11.5 Å². The molecule has 1 aliphatic heterocycles. The van der Waals surface area contributed by atoms with Gasteiger partial charge in [-0.3, -0.25) is 9.59 Å². The Bertz CT molecular complexity index is 934. The SMILES string of the molecule is COc1cc(OC)cc(C(=O)N2CCN(c3ccc(NC(=S)NC(C)=O)cc3)CC2)c1. The highest BCUT2D eigenvalue weighted by Crippen LogP contribution is 2.25. The Hall–Kier alpha value is -3.33. The number of ether oxygens (including phenoxy) is 2. The summed E-state index contributed by atoms with van der Waals surface area (Å²) >= 11 is 5.07. The number of anilines is 2. The highest BCUT2D eigenvalue weighted by Gasteiger charge is 2.23. The molecule has 1 heterocycles. The molecule has 1 aliphatic rings. The van der Waals surface area contributed by atoms with Crippen LogP contribution in [0.15, 0.2) is 42.5 Å². The molecule has 2 aromatic carbocycles. The Morgan fingerprint density at radius 2 is 1.52 bits per heavy atom. The average molecular weight is 443 g/mol. The number of hydrogen-bond donors (Lipinski definition) is 2. The molecule has 3 rings (SSSR count). The predicted molar refractivity (Wildman–Crippen MR) is 124 cm³/mol. The van der Waals surface area contributed by atoms with Gasteiger partial charge >= 0.3 is 0 Å². The topological polar surface area (TPSA) is 83.1 Å². The van der Waals surface area contributed by atoms with Crippen molar-refractivity contribution < 1.29 is 19.1 Å². The number of rotatable bonds is 5. The molecule has 8 nitrogen and oxygen atoms in total. The van der Waals surface area contributed by atoms with E-state index in [2.05, 4.69) is 15.5 Å². The quantitative estimate of drug-likeness (QED) is 0.689. The van der Waals surface area contributed by atoms with Crippen molar-refractivity contribution in [1.82, 2.24) is 10.2 Å². The van der Waals surface area contributed by atoms with Crippen LogP contribution >= 0.6 is 12.2 Å². The molecule has 1 fully saturated rings. The van der Waals surface area contributed by atoms with Crippen molar-refractivity contribution >= 4 is 40.5 Å². The molecule has 0 aliphatic carbocycles. The fraction of sp³-hybridized carbons (Fsp3) is 0.318. The van der Waals surface area contributed by atoms with E-state index in [0.29, 0.717) is 30.2 Å². The molecule has 0 aromatic heterocycles. The van der Waals surface area contributed by atoms with E-state index in [1.54, 1.807) is 32.4 Å². The van der Waals surface area contributed by atoms with E-state index in [-0.39, 0.29) is 16.9 Å². The first-order valence-electron chi connectivity index (χ1n) is 9.85. The van der Waals surface area contributed by atoms with Crippen LogP contribution < -0.4 is 25.0 Å². The summed E-state index contributed by atoms with van der Waals surface area (Å²) in [7, 11) is 3.13. The van der Waals surface area contributed by atoms with Crippen LogP contribution in [0.25, 0.3) is 0 Å². The minimum atomic E-state index is -0.214. The number of nitrogens with one attached hydrogen (secondary N) is 2. The Morgan fingerprint density at radius 3 is 2.03 bits per heavy atom. The molecule has 9 heteroatoms. The lowest BCUT2D eigenvalue weighted by molar-refractivity contribution is -0.117. The highest BCUT2D eigenvalue weighted by molar-refractivity contribution is 7.80. The first-order valence-corrected chi connectivity index (χ1v) is 10.3. The van der Waals surface area contributed by atoms with Crippen molar-refractivity contribution in [2.24, 2.45) is 0 Å². The normalized spacial score (nSPS) is 13.4. The van der Waals surface area contributed by atoms with E-state index in [1.165, 1.54) is 6.92 Å². The molecule has 164 valence electrons. The van der Waals surface area contributed by atoms with E-state index in [1.807, 2.05) is 29.2 Å².